The van der Waals surface area contributed by atoms with Crippen LogP contribution in [0.15, 0.2) is 30.3 Å². The summed E-state index contributed by atoms with van der Waals surface area (Å²) < 4.78 is 31.7. The molecule has 0 saturated carbocycles. The lowest BCUT2D eigenvalue weighted by Gasteiger charge is -2.10. The number of hydrogen-bond donors (Lipinski definition) is 1. The molecule has 0 aromatic heterocycles. The Kier molecular flexibility index (Phi) is 4.74. The van der Waals surface area contributed by atoms with Gasteiger partial charge in [0.1, 0.15) is 0 Å². The Morgan fingerprint density at radius 3 is 2.72 bits per heavy atom. The van der Waals surface area contributed by atoms with Gasteiger partial charge in [-0.2, -0.15) is 0 Å². The predicted molar refractivity (Wildman–Crippen MR) is 70.7 cm³/mol. The van der Waals surface area contributed by atoms with Gasteiger partial charge in [-0.3, -0.25) is 0 Å². The molecule has 18 heavy (non-hydrogen) atoms. The van der Waals surface area contributed by atoms with Crippen molar-refractivity contribution in [3.63, 3.8) is 0 Å². The summed E-state index contributed by atoms with van der Waals surface area (Å²) in [5, 5.41) is 0. The van der Waals surface area contributed by atoms with Gasteiger partial charge >= 0.3 is 0 Å². The number of nitrogens with one attached hydrogen (secondary N) is 1. The first-order valence-electron chi connectivity index (χ1n) is 6.28. The molecule has 1 atom stereocenters. The van der Waals surface area contributed by atoms with Crippen molar-refractivity contribution in [2.24, 2.45) is 0 Å². The number of hydrogen-bond acceptors (Lipinski definition) is 3. The monoisotopic (exact) mass is 269 g/mol. The molecule has 1 heterocycles. The second kappa shape index (κ2) is 6.31. The van der Waals surface area contributed by atoms with Gasteiger partial charge in [0, 0.05) is 13.2 Å². The molecule has 0 aliphatic carbocycles. The maximum Gasteiger partial charge on any atom is 0.215 e. The molecule has 100 valence electrons. The molecule has 1 N–H and O–H groups in total. The fourth-order valence-corrected chi connectivity index (χ4v) is 3.25. The Bertz CT molecular complexity index is 452. The van der Waals surface area contributed by atoms with Crippen LogP contribution in [0.3, 0.4) is 0 Å². The first kappa shape index (κ1) is 13.5. The van der Waals surface area contributed by atoms with Crippen LogP contribution in [0.5, 0.6) is 0 Å². The Labute approximate surface area is 108 Å². The highest BCUT2D eigenvalue weighted by Crippen LogP contribution is 2.14. The molecule has 4 nitrogen and oxygen atoms in total. The third kappa shape index (κ3) is 4.40. The van der Waals surface area contributed by atoms with E-state index in [4.69, 9.17) is 4.74 Å². The van der Waals surface area contributed by atoms with Crippen molar-refractivity contribution in [3.8, 4) is 0 Å². The van der Waals surface area contributed by atoms with Crippen molar-refractivity contribution in [1.29, 1.82) is 0 Å². The third-order valence-electron chi connectivity index (χ3n) is 3.01. The van der Waals surface area contributed by atoms with Gasteiger partial charge in [0.25, 0.3) is 0 Å². The average Bonchev–Trinajstić information content (AvgIpc) is 2.82. The zero-order valence-electron chi connectivity index (χ0n) is 10.3. The fraction of sp³-hybridized carbons (Fsp3) is 0.538. The molecule has 0 radical (unpaired) electrons. The minimum absolute atomic E-state index is 0.0410. The van der Waals surface area contributed by atoms with Crippen LogP contribution in [-0.2, 0) is 20.5 Å². The fourth-order valence-electron chi connectivity index (χ4n) is 2.09. The zero-order valence-corrected chi connectivity index (χ0v) is 11.2. The third-order valence-corrected chi connectivity index (χ3v) is 4.37. The van der Waals surface area contributed by atoms with Crippen molar-refractivity contribution in [2.45, 2.75) is 31.1 Å². The molecule has 1 aliphatic heterocycles. The molecule has 1 fully saturated rings. The summed E-state index contributed by atoms with van der Waals surface area (Å²) in [6.07, 6.45) is 3.11. The Balaban J connectivity index is 1.77. The number of ether oxygens (including phenoxy) is 1. The van der Waals surface area contributed by atoms with Crippen molar-refractivity contribution < 1.29 is 13.2 Å². The van der Waals surface area contributed by atoms with Crippen LogP contribution in [0.1, 0.15) is 24.8 Å². The smallest absolute Gasteiger partial charge is 0.215 e. The molecule has 0 bridgehead atoms. The highest BCUT2D eigenvalue weighted by molar-refractivity contribution is 7.88. The van der Waals surface area contributed by atoms with Crippen molar-refractivity contribution in [1.82, 2.24) is 4.72 Å². The second-order valence-electron chi connectivity index (χ2n) is 4.56. The topological polar surface area (TPSA) is 55.4 Å². The number of sulfonamides is 1. The largest absolute Gasteiger partial charge is 0.378 e. The van der Waals surface area contributed by atoms with Crippen molar-refractivity contribution in [2.75, 3.05) is 13.2 Å². The van der Waals surface area contributed by atoms with Gasteiger partial charge in [-0.1, -0.05) is 30.3 Å². The van der Waals surface area contributed by atoms with E-state index in [1.807, 2.05) is 30.3 Å². The molecule has 1 aromatic carbocycles. The van der Waals surface area contributed by atoms with Crippen molar-refractivity contribution in [3.05, 3.63) is 35.9 Å². The van der Waals surface area contributed by atoms with E-state index in [-0.39, 0.29) is 11.9 Å². The standard InChI is InChI=1S/C13H19NO3S/c15-18(16,11-12-5-2-1-3-6-12)14-9-8-13-7-4-10-17-13/h1-3,5-6,13-14H,4,7-11H2/t13-/m0/s1. The molecule has 0 amide bonds. The van der Waals surface area contributed by atoms with E-state index in [1.54, 1.807) is 0 Å². The molecule has 1 aromatic rings. The average molecular weight is 269 g/mol. The first-order chi connectivity index (χ1) is 8.66. The van der Waals surface area contributed by atoms with Crippen LogP contribution in [0.25, 0.3) is 0 Å². The summed E-state index contributed by atoms with van der Waals surface area (Å²) >= 11 is 0. The minimum Gasteiger partial charge on any atom is -0.378 e. The lowest BCUT2D eigenvalue weighted by molar-refractivity contribution is 0.105. The summed E-state index contributed by atoms with van der Waals surface area (Å²) in [6, 6.07) is 9.20. The quantitative estimate of drug-likeness (QED) is 0.854. The number of rotatable bonds is 6. The Morgan fingerprint density at radius 2 is 2.06 bits per heavy atom. The Hall–Kier alpha value is -0.910. The van der Waals surface area contributed by atoms with E-state index in [2.05, 4.69) is 4.72 Å². The van der Waals surface area contributed by atoms with Gasteiger partial charge in [-0.15, -0.1) is 0 Å². The van der Waals surface area contributed by atoms with Gasteiger partial charge in [0.15, 0.2) is 0 Å². The van der Waals surface area contributed by atoms with E-state index < -0.39 is 10.0 Å². The van der Waals surface area contributed by atoms with Gasteiger partial charge in [0.2, 0.25) is 10.0 Å². The van der Waals surface area contributed by atoms with Crippen LogP contribution in [0, 0.1) is 0 Å². The van der Waals surface area contributed by atoms with Crippen LogP contribution in [0.2, 0.25) is 0 Å². The number of benzene rings is 1. The van der Waals surface area contributed by atoms with E-state index >= 15 is 0 Å². The lowest BCUT2D eigenvalue weighted by atomic mass is 10.2. The van der Waals surface area contributed by atoms with Crippen LogP contribution in [0.4, 0.5) is 0 Å². The minimum atomic E-state index is -3.23. The summed E-state index contributed by atoms with van der Waals surface area (Å²) in [4.78, 5) is 0. The van der Waals surface area contributed by atoms with E-state index in [0.29, 0.717) is 6.54 Å². The zero-order chi connectivity index (χ0) is 12.8. The normalized spacial score (nSPS) is 20.1. The van der Waals surface area contributed by atoms with Gasteiger partial charge in [0.05, 0.1) is 11.9 Å². The van der Waals surface area contributed by atoms with E-state index in [0.717, 1.165) is 31.4 Å². The summed E-state index contributed by atoms with van der Waals surface area (Å²) in [7, 11) is -3.23. The summed E-state index contributed by atoms with van der Waals surface area (Å²) in [5.41, 5.74) is 0.808. The van der Waals surface area contributed by atoms with E-state index in [1.165, 1.54) is 0 Å². The molecule has 5 heteroatoms. The lowest BCUT2D eigenvalue weighted by Crippen LogP contribution is -2.28. The second-order valence-corrected chi connectivity index (χ2v) is 6.37. The predicted octanol–water partition coefficient (Wildman–Crippen LogP) is 1.68. The summed E-state index contributed by atoms with van der Waals surface area (Å²) in [6.45, 7) is 1.27. The van der Waals surface area contributed by atoms with E-state index in [9.17, 15) is 8.42 Å². The van der Waals surface area contributed by atoms with Gasteiger partial charge < -0.3 is 4.74 Å². The highest BCUT2D eigenvalue weighted by atomic mass is 32.2. The molecule has 1 saturated heterocycles. The SMILES string of the molecule is O=S(=O)(Cc1ccccc1)NCC[C@@H]1CCCO1. The molecular formula is C13H19NO3S. The molecule has 2 rings (SSSR count). The molecular weight excluding hydrogens is 250 g/mol. The van der Waals surface area contributed by atoms with Crippen LogP contribution in [-0.4, -0.2) is 27.7 Å². The highest BCUT2D eigenvalue weighted by Gasteiger charge is 2.17. The maximum atomic E-state index is 11.8. The first-order valence-corrected chi connectivity index (χ1v) is 7.94. The van der Waals surface area contributed by atoms with Crippen LogP contribution >= 0.6 is 0 Å². The van der Waals surface area contributed by atoms with Crippen LogP contribution < -0.4 is 4.72 Å². The molecule has 1 aliphatic rings. The Morgan fingerprint density at radius 1 is 1.28 bits per heavy atom. The van der Waals surface area contributed by atoms with Crippen molar-refractivity contribution >= 4 is 10.0 Å². The molecule has 0 spiro atoms. The molecule has 0 unspecified atom stereocenters. The maximum absolute atomic E-state index is 11.8. The van der Waals surface area contributed by atoms with Gasteiger partial charge in [-0.25, -0.2) is 13.1 Å². The van der Waals surface area contributed by atoms with Gasteiger partial charge in [-0.05, 0) is 24.8 Å². The summed E-state index contributed by atoms with van der Waals surface area (Å²) in [5.74, 6) is 0.0410.